The minimum atomic E-state index is -3.75. The highest BCUT2D eigenvalue weighted by Crippen LogP contribution is 2.26. The molecule has 140 valence electrons. The maximum absolute atomic E-state index is 12.6. The Kier molecular flexibility index (Phi) is 5.62. The Bertz CT molecular complexity index is 1020. The molecule has 1 amide bonds. The summed E-state index contributed by atoms with van der Waals surface area (Å²) >= 11 is 1.18. The number of thiophene rings is 1. The normalized spacial score (nSPS) is 11.4. The van der Waals surface area contributed by atoms with E-state index in [0.29, 0.717) is 16.5 Å². The van der Waals surface area contributed by atoms with E-state index in [2.05, 4.69) is 23.9 Å². The molecule has 1 heterocycles. The Labute approximate surface area is 163 Å². The lowest BCUT2D eigenvalue weighted by molar-refractivity contribution is 0.103. The third-order valence-corrected chi connectivity index (χ3v) is 6.30. The van der Waals surface area contributed by atoms with Crippen LogP contribution >= 0.6 is 11.3 Å². The zero-order valence-corrected chi connectivity index (χ0v) is 16.6. The lowest BCUT2D eigenvalue weighted by atomic mass is 10.0. The number of rotatable bonds is 6. The number of amides is 1. The monoisotopic (exact) mass is 400 g/mol. The van der Waals surface area contributed by atoms with Gasteiger partial charge < -0.3 is 5.32 Å². The number of anilines is 2. The minimum Gasteiger partial charge on any atom is -0.321 e. The smallest absolute Gasteiger partial charge is 0.267 e. The van der Waals surface area contributed by atoms with Crippen LogP contribution in [0.5, 0.6) is 0 Å². The van der Waals surface area contributed by atoms with Crippen LogP contribution in [-0.4, -0.2) is 14.3 Å². The molecule has 0 spiro atoms. The average molecular weight is 401 g/mol. The summed E-state index contributed by atoms with van der Waals surface area (Å²) in [5.74, 6) is 0.0547. The van der Waals surface area contributed by atoms with Crippen LogP contribution in [-0.2, 0) is 10.0 Å². The Balaban J connectivity index is 1.77. The number of hydrogen-bond acceptors (Lipinski definition) is 4. The first kappa shape index (κ1) is 19.1. The maximum atomic E-state index is 12.6. The summed E-state index contributed by atoms with van der Waals surface area (Å²) in [6, 6.07) is 17.3. The van der Waals surface area contributed by atoms with Crippen LogP contribution in [0.3, 0.4) is 0 Å². The molecule has 1 aromatic heterocycles. The van der Waals surface area contributed by atoms with E-state index in [9.17, 15) is 13.2 Å². The van der Waals surface area contributed by atoms with E-state index in [4.69, 9.17) is 0 Å². The van der Waals surface area contributed by atoms with E-state index in [1.54, 1.807) is 29.6 Å². The molecule has 3 rings (SSSR count). The van der Waals surface area contributed by atoms with Crippen molar-refractivity contribution in [2.75, 3.05) is 10.0 Å². The van der Waals surface area contributed by atoms with Crippen LogP contribution in [0.15, 0.2) is 70.9 Å². The topological polar surface area (TPSA) is 75.3 Å². The van der Waals surface area contributed by atoms with Crippen LogP contribution in [0, 0.1) is 0 Å². The van der Waals surface area contributed by atoms with E-state index in [-0.39, 0.29) is 16.5 Å². The molecule has 0 unspecified atom stereocenters. The van der Waals surface area contributed by atoms with Gasteiger partial charge in [-0.2, -0.15) is 0 Å². The van der Waals surface area contributed by atoms with Gasteiger partial charge in [0.2, 0.25) is 0 Å². The molecule has 0 radical (unpaired) electrons. The molecule has 0 saturated carbocycles. The average Bonchev–Trinajstić information content (AvgIpc) is 3.10. The number of carbonyl (C=O) groups is 1. The molecule has 3 aromatic rings. The van der Waals surface area contributed by atoms with E-state index in [1.807, 2.05) is 24.3 Å². The Morgan fingerprint density at radius 3 is 2.26 bits per heavy atom. The van der Waals surface area contributed by atoms with Gasteiger partial charge in [-0.25, -0.2) is 8.42 Å². The fourth-order valence-corrected chi connectivity index (χ4v) is 4.41. The van der Waals surface area contributed by atoms with Crippen LogP contribution in [0.4, 0.5) is 11.4 Å². The van der Waals surface area contributed by atoms with Gasteiger partial charge in [-0.1, -0.05) is 44.2 Å². The van der Waals surface area contributed by atoms with E-state index >= 15 is 0 Å². The van der Waals surface area contributed by atoms with Gasteiger partial charge in [0.1, 0.15) is 4.88 Å². The fourth-order valence-electron chi connectivity index (χ4n) is 2.51. The van der Waals surface area contributed by atoms with Crippen LogP contribution in [0.2, 0.25) is 0 Å². The highest BCUT2D eigenvalue weighted by atomic mass is 32.2. The van der Waals surface area contributed by atoms with Crippen molar-refractivity contribution >= 4 is 38.6 Å². The minimum absolute atomic E-state index is 0.145. The highest BCUT2D eigenvalue weighted by Gasteiger charge is 2.20. The van der Waals surface area contributed by atoms with Crippen molar-refractivity contribution in [2.45, 2.75) is 24.7 Å². The van der Waals surface area contributed by atoms with Crippen LogP contribution < -0.4 is 10.0 Å². The van der Waals surface area contributed by atoms with E-state index < -0.39 is 10.0 Å². The van der Waals surface area contributed by atoms with Crippen molar-refractivity contribution in [1.82, 2.24) is 0 Å². The van der Waals surface area contributed by atoms with Crippen molar-refractivity contribution in [3.63, 3.8) is 0 Å². The number of hydrogen-bond donors (Lipinski definition) is 2. The van der Waals surface area contributed by atoms with Crippen molar-refractivity contribution in [3.8, 4) is 0 Å². The van der Waals surface area contributed by atoms with Crippen molar-refractivity contribution in [1.29, 1.82) is 0 Å². The van der Waals surface area contributed by atoms with Gasteiger partial charge in [-0.05, 0) is 47.2 Å². The zero-order valence-electron chi connectivity index (χ0n) is 15.0. The van der Waals surface area contributed by atoms with Crippen LogP contribution in [0.25, 0.3) is 0 Å². The molecule has 0 aliphatic carbocycles. The number of benzene rings is 2. The molecule has 0 aliphatic rings. The third kappa shape index (κ3) is 4.56. The Morgan fingerprint density at radius 2 is 1.63 bits per heavy atom. The summed E-state index contributed by atoms with van der Waals surface area (Å²) < 4.78 is 27.5. The summed E-state index contributed by atoms with van der Waals surface area (Å²) in [4.78, 5) is 13.1. The van der Waals surface area contributed by atoms with Gasteiger partial charge in [-0.15, -0.1) is 11.3 Å². The first-order valence-electron chi connectivity index (χ1n) is 8.43. The third-order valence-electron chi connectivity index (χ3n) is 4.00. The van der Waals surface area contributed by atoms with Crippen LogP contribution in [0.1, 0.15) is 35.0 Å². The summed E-state index contributed by atoms with van der Waals surface area (Å²) in [6.07, 6.45) is 0. The Hall–Kier alpha value is -2.64. The SMILES string of the molecule is CC(C)c1ccc(NC(=O)c2sccc2NS(=O)(=O)c2ccccc2)cc1. The first-order chi connectivity index (χ1) is 12.9. The Morgan fingerprint density at radius 1 is 0.963 bits per heavy atom. The fraction of sp³-hybridized carbons (Fsp3) is 0.150. The predicted octanol–water partition coefficient (Wildman–Crippen LogP) is 4.92. The summed E-state index contributed by atoms with van der Waals surface area (Å²) in [5, 5.41) is 4.49. The lowest BCUT2D eigenvalue weighted by Gasteiger charge is -2.10. The maximum Gasteiger partial charge on any atom is 0.267 e. The van der Waals surface area contributed by atoms with Gasteiger partial charge in [0, 0.05) is 5.69 Å². The molecule has 2 aromatic carbocycles. The molecule has 7 heteroatoms. The first-order valence-corrected chi connectivity index (χ1v) is 10.8. The summed E-state index contributed by atoms with van der Waals surface area (Å²) in [5.41, 5.74) is 2.11. The summed E-state index contributed by atoms with van der Waals surface area (Å²) in [7, 11) is -3.75. The number of sulfonamides is 1. The lowest BCUT2D eigenvalue weighted by Crippen LogP contribution is -2.17. The second-order valence-electron chi connectivity index (χ2n) is 6.31. The largest absolute Gasteiger partial charge is 0.321 e. The van der Waals surface area contributed by atoms with Gasteiger partial charge in [0.05, 0.1) is 10.6 Å². The quantitative estimate of drug-likeness (QED) is 0.616. The molecule has 5 nitrogen and oxygen atoms in total. The van der Waals surface area contributed by atoms with Crippen molar-refractivity contribution in [2.24, 2.45) is 0 Å². The van der Waals surface area contributed by atoms with Crippen molar-refractivity contribution in [3.05, 3.63) is 76.5 Å². The molecular formula is C20H20N2O3S2. The summed E-state index contributed by atoms with van der Waals surface area (Å²) in [6.45, 7) is 4.20. The standard InChI is InChI=1S/C20H20N2O3S2/c1-14(2)15-8-10-16(11-9-15)21-20(23)19-18(12-13-26-19)22-27(24,25)17-6-4-3-5-7-17/h3-14,22H,1-2H3,(H,21,23). The predicted molar refractivity (Wildman–Crippen MR) is 110 cm³/mol. The molecule has 0 saturated heterocycles. The molecule has 0 atom stereocenters. The molecule has 27 heavy (non-hydrogen) atoms. The molecule has 0 fully saturated rings. The van der Waals surface area contributed by atoms with E-state index in [1.165, 1.54) is 29.0 Å². The molecule has 2 N–H and O–H groups in total. The van der Waals surface area contributed by atoms with Gasteiger partial charge >= 0.3 is 0 Å². The van der Waals surface area contributed by atoms with Gasteiger partial charge in [-0.3, -0.25) is 9.52 Å². The number of nitrogens with one attached hydrogen (secondary N) is 2. The molecule has 0 bridgehead atoms. The molecule has 0 aliphatic heterocycles. The van der Waals surface area contributed by atoms with Crippen molar-refractivity contribution < 1.29 is 13.2 Å². The number of carbonyl (C=O) groups excluding carboxylic acids is 1. The second-order valence-corrected chi connectivity index (χ2v) is 8.91. The molecular weight excluding hydrogens is 380 g/mol. The zero-order chi connectivity index (χ0) is 19.4. The van der Waals surface area contributed by atoms with E-state index in [0.717, 1.165) is 0 Å². The highest BCUT2D eigenvalue weighted by molar-refractivity contribution is 7.92. The van der Waals surface area contributed by atoms with Gasteiger partial charge in [0.25, 0.3) is 15.9 Å². The second kappa shape index (κ2) is 7.94. The van der Waals surface area contributed by atoms with Gasteiger partial charge in [0.15, 0.2) is 0 Å².